The third-order valence-corrected chi connectivity index (χ3v) is 2.96. The van der Waals surface area contributed by atoms with E-state index in [1.165, 1.54) is 32.5 Å². The van der Waals surface area contributed by atoms with Gasteiger partial charge in [-0.3, -0.25) is 4.98 Å². The number of dihydropyridines is 1. The molecule has 0 bridgehead atoms. The van der Waals surface area contributed by atoms with Crippen LogP contribution in [0.1, 0.15) is 16.1 Å². The molecule has 0 saturated heterocycles. The Labute approximate surface area is 116 Å². The van der Waals surface area contributed by atoms with Gasteiger partial charge in [-0.15, -0.1) is 0 Å². The van der Waals surface area contributed by atoms with Crippen LogP contribution in [0.15, 0.2) is 42.8 Å². The van der Waals surface area contributed by atoms with Crippen LogP contribution in [-0.4, -0.2) is 31.1 Å². The summed E-state index contributed by atoms with van der Waals surface area (Å²) in [5.41, 5.74) is -0.577. The summed E-state index contributed by atoms with van der Waals surface area (Å²) in [7, 11) is 2.59. The van der Waals surface area contributed by atoms with Crippen molar-refractivity contribution >= 4 is 11.9 Å². The minimum Gasteiger partial charge on any atom is -0.467 e. The van der Waals surface area contributed by atoms with Crippen LogP contribution in [-0.2, 0) is 19.8 Å². The van der Waals surface area contributed by atoms with Gasteiger partial charge in [0.2, 0.25) is 0 Å². The minimum atomic E-state index is -1.24. The van der Waals surface area contributed by atoms with E-state index in [4.69, 9.17) is 4.74 Å². The normalized spacial score (nSPS) is 20.1. The van der Waals surface area contributed by atoms with Gasteiger partial charge in [0.1, 0.15) is 0 Å². The van der Waals surface area contributed by atoms with E-state index < -0.39 is 17.5 Å². The number of esters is 2. The first kappa shape index (κ1) is 13.8. The minimum absolute atomic E-state index is 0.311. The lowest BCUT2D eigenvalue weighted by atomic mass is 9.91. The first-order chi connectivity index (χ1) is 9.64. The van der Waals surface area contributed by atoms with Crippen LogP contribution in [0, 0.1) is 0 Å². The molecule has 6 nitrogen and oxygen atoms in total. The lowest BCUT2D eigenvalue weighted by Gasteiger charge is -2.29. The Kier molecular flexibility index (Phi) is 3.84. The number of hydrogen-bond donors (Lipinski definition) is 1. The highest BCUT2D eigenvalue weighted by Gasteiger charge is 2.40. The fraction of sp³-hybridized carbons (Fsp3) is 0.214. The van der Waals surface area contributed by atoms with E-state index in [1.54, 1.807) is 24.4 Å². The Morgan fingerprint density at radius 2 is 2.05 bits per heavy atom. The zero-order valence-corrected chi connectivity index (χ0v) is 11.1. The number of carbonyl (C=O) groups is 2. The van der Waals surface area contributed by atoms with Crippen LogP contribution in [0.5, 0.6) is 0 Å². The molecule has 104 valence electrons. The molecule has 1 aromatic rings. The second-order valence-electron chi connectivity index (χ2n) is 4.08. The Hall–Kier alpha value is -2.63. The number of methoxy groups -OCH3 is 2. The molecule has 1 aliphatic heterocycles. The largest absolute Gasteiger partial charge is 0.467 e. The van der Waals surface area contributed by atoms with Crippen LogP contribution in [0.2, 0.25) is 0 Å². The van der Waals surface area contributed by atoms with Gasteiger partial charge in [0.15, 0.2) is 5.54 Å². The highest BCUT2D eigenvalue weighted by atomic mass is 16.5. The molecule has 2 rings (SSSR count). The molecule has 0 amide bonds. The summed E-state index contributed by atoms with van der Waals surface area (Å²) in [6.45, 7) is 0. The van der Waals surface area contributed by atoms with E-state index in [9.17, 15) is 9.59 Å². The van der Waals surface area contributed by atoms with Gasteiger partial charge in [0, 0.05) is 6.20 Å². The summed E-state index contributed by atoms with van der Waals surface area (Å²) in [4.78, 5) is 27.9. The molecule has 0 aliphatic carbocycles. The molecule has 20 heavy (non-hydrogen) atoms. The van der Waals surface area contributed by atoms with Crippen molar-refractivity contribution in [1.29, 1.82) is 0 Å². The van der Waals surface area contributed by atoms with E-state index in [2.05, 4.69) is 15.0 Å². The van der Waals surface area contributed by atoms with Gasteiger partial charge in [-0.1, -0.05) is 6.08 Å². The van der Waals surface area contributed by atoms with Gasteiger partial charge < -0.3 is 14.8 Å². The van der Waals surface area contributed by atoms with Crippen molar-refractivity contribution in [1.82, 2.24) is 10.3 Å². The summed E-state index contributed by atoms with van der Waals surface area (Å²) < 4.78 is 9.49. The molecule has 0 spiro atoms. The van der Waals surface area contributed by atoms with Gasteiger partial charge in [0.05, 0.1) is 25.5 Å². The van der Waals surface area contributed by atoms with Crippen molar-refractivity contribution < 1.29 is 19.1 Å². The van der Waals surface area contributed by atoms with Crippen LogP contribution >= 0.6 is 0 Å². The Balaban J connectivity index is 2.50. The number of carbonyl (C=O) groups excluding carboxylic acids is 2. The summed E-state index contributed by atoms with van der Waals surface area (Å²) in [6.07, 6.45) is 8.14. The molecule has 1 atom stereocenters. The molecule has 0 fully saturated rings. The van der Waals surface area contributed by atoms with Crippen molar-refractivity contribution in [3.63, 3.8) is 0 Å². The number of aromatic nitrogens is 1. The van der Waals surface area contributed by atoms with Crippen molar-refractivity contribution in [2.75, 3.05) is 14.2 Å². The smallest absolute Gasteiger partial charge is 0.341 e. The van der Waals surface area contributed by atoms with E-state index >= 15 is 0 Å². The average Bonchev–Trinajstić information content (AvgIpc) is 2.54. The summed E-state index contributed by atoms with van der Waals surface area (Å²) >= 11 is 0. The maximum Gasteiger partial charge on any atom is 0.341 e. The summed E-state index contributed by atoms with van der Waals surface area (Å²) in [6, 6.07) is 3.02. The predicted octanol–water partition coefficient (Wildman–Crippen LogP) is 0.910. The van der Waals surface area contributed by atoms with Crippen LogP contribution in [0.25, 0.3) is 0 Å². The van der Waals surface area contributed by atoms with Gasteiger partial charge >= 0.3 is 11.9 Å². The first-order valence-electron chi connectivity index (χ1n) is 5.89. The Morgan fingerprint density at radius 3 is 2.65 bits per heavy atom. The second kappa shape index (κ2) is 5.56. The number of allylic oxidation sites excluding steroid dienone is 2. The zero-order chi connectivity index (χ0) is 14.6. The molecule has 0 radical (unpaired) electrons. The van der Waals surface area contributed by atoms with Gasteiger partial charge in [0.25, 0.3) is 0 Å². The van der Waals surface area contributed by atoms with Crippen molar-refractivity contribution in [2.45, 2.75) is 5.54 Å². The first-order valence-corrected chi connectivity index (χ1v) is 5.89. The lowest BCUT2D eigenvalue weighted by Crippen LogP contribution is -2.47. The topological polar surface area (TPSA) is 77.5 Å². The molecule has 1 aliphatic rings. The summed E-state index contributed by atoms with van der Waals surface area (Å²) in [5.74, 6) is -1.02. The second-order valence-corrected chi connectivity index (χ2v) is 4.08. The number of nitrogens with one attached hydrogen (secondary N) is 1. The fourth-order valence-electron chi connectivity index (χ4n) is 1.93. The third-order valence-electron chi connectivity index (χ3n) is 2.96. The van der Waals surface area contributed by atoms with Gasteiger partial charge in [-0.2, -0.15) is 0 Å². The Bertz CT molecular complexity index is 595. The SMILES string of the molecule is COC(=O)c1ccnc(C2(C(=O)OC)C=CC=CN2)c1. The Morgan fingerprint density at radius 1 is 1.25 bits per heavy atom. The molecule has 0 aromatic carbocycles. The molecular formula is C14H14N2O4. The molecule has 1 aromatic heterocycles. The van der Waals surface area contributed by atoms with E-state index in [1.807, 2.05) is 0 Å². The fourth-order valence-corrected chi connectivity index (χ4v) is 1.93. The van der Waals surface area contributed by atoms with Crippen LogP contribution in [0.3, 0.4) is 0 Å². The number of hydrogen-bond acceptors (Lipinski definition) is 6. The number of rotatable bonds is 3. The van der Waals surface area contributed by atoms with Crippen molar-refractivity contribution in [3.05, 3.63) is 54.0 Å². The predicted molar refractivity (Wildman–Crippen MR) is 70.7 cm³/mol. The van der Waals surface area contributed by atoms with E-state index in [-0.39, 0.29) is 0 Å². The van der Waals surface area contributed by atoms with Crippen molar-refractivity contribution in [2.24, 2.45) is 0 Å². The van der Waals surface area contributed by atoms with E-state index in [0.717, 1.165) is 0 Å². The molecule has 0 saturated carbocycles. The number of ether oxygens (including phenoxy) is 2. The quantitative estimate of drug-likeness (QED) is 0.825. The highest BCUT2D eigenvalue weighted by Crippen LogP contribution is 2.26. The molecule has 1 unspecified atom stereocenters. The molecule has 2 heterocycles. The van der Waals surface area contributed by atoms with Crippen molar-refractivity contribution in [3.8, 4) is 0 Å². The maximum absolute atomic E-state index is 12.1. The number of nitrogens with zero attached hydrogens (tertiary/aromatic N) is 1. The zero-order valence-electron chi connectivity index (χ0n) is 11.1. The highest BCUT2D eigenvalue weighted by molar-refractivity contribution is 5.91. The maximum atomic E-state index is 12.1. The van der Waals surface area contributed by atoms with Gasteiger partial charge in [-0.05, 0) is 30.5 Å². The van der Waals surface area contributed by atoms with E-state index in [0.29, 0.717) is 11.3 Å². The molecule has 6 heteroatoms. The van der Waals surface area contributed by atoms with Crippen LogP contribution in [0.4, 0.5) is 0 Å². The average molecular weight is 274 g/mol. The monoisotopic (exact) mass is 274 g/mol. The standard InChI is InChI=1S/C14H14N2O4/c1-19-12(17)10-5-8-15-11(9-10)14(13(18)20-2)6-3-4-7-16-14/h3-9,16H,1-2H3. The number of pyridine rings is 1. The molecular weight excluding hydrogens is 260 g/mol. The van der Waals surface area contributed by atoms with Gasteiger partial charge in [-0.25, -0.2) is 9.59 Å². The van der Waals surface area contributed by atoms with Crippen LogP contribution < -0.4 is 5.32 Å². The lowest BCUT2D eigenvalue weighted by molar-refractivity contribution is -0.146. The summed E-state index contributed by atoms with van der Waals surface area (Å²) in [5, 5.41) is 2.93. The molecule has 1 N–H and O–H groups in total. The third kappa shape index (κ3) is 2.27.